The molecule has 0 radical (unpaired) electrons. The van der Waals surface area contributed by atoms with E-state index in [1.165, 1.54) is 0 Å². The van der Waals surface area contributed by atoms with Gasteiger partial charge in [-0.25, -0.2) is 0 Å². The second kappa shape index (κ2) is 9.04. The maximum absolute atomic E-state index is 13.4. The summed E-state index contributed by atoms with van der Waals surface area (Å²) in [6.07, 6.45) is 2.73. The van der Waals surface area contributed by atoms with Gasteiger partial charge in [0, 0.05) is 43.7 Å². The van der Waals surface area contributed by atoms with Crippen molar-refractivity contribution >= 4 is 22.6 Å². The van der Waals surface area contributed by atoms with E-state index in [9.17, 15) is 9.59 Å². The standard InChI is InChI=1S/C24H31N3O3/c1-25-12-6-14-26(16-15-25)23(28)18-7-5-13-27(17-18)24(29)21-10-11-22(30-2)20-9-4-3-8-19(20)21/h3-4,8-11,18H,5-7,12-17H2,1-2H3. The minimum absolute atomic E-state index is 0.00181. The molecule has 0 N–H and O–H groups in total. The number of rotatable bonds is 3. The summed E-state index contributed by atoms with van der Waals surface area (Å²) in [6.45, 7) is 4.75. The van der Waals surface area contributed by atoms with E-state index in [-0.39, 0.29) is 17.7 Å². The van der Waals surface area contributed by atoms with Crippen LogP contribution < -0.4 is 4.74 Å². The molecule has 2 saturated heterocycles. The van der Waals surface area contributed by atoms with Gasteiger partial charge in [0.1, 0.15) is 5.75 Å². The fourth-order valence-corrected chi connectivity index (χ4v) is 4.69. The van der Waals surface area contributed by atoms with Crippen molar-refractivity contribution in [2.45, 2.75) is 19.3 Å². The smallest absolute Gasteiger partial charge is 0.254 e. The topological polar surface area (TPSA) is 53.1 Å². The molecular weight excluding hydrogens is 378 g/mol. The van der Waals surface area contributed by atoms with Crippen molar-refractivity contribution in [1.82, 2.24) is 14.7 Å². The Balaban J connectivity index is 1.52. The fourth-order valence-electron chi connectivity index (χ4n) is 4.69. The zero-order valence-corrected chi connectivity index (χ0v) is 18.0. The molecule has 1 unspecified atom stereocenters. The van der Waals surface area contributed by atoms with Crippen molar-refractivity contribution in [2.75, 3.05) is 53.4 Å². The Bertz CT molecular complexity index is 929. The first-order valence-electron chi connectivity index (χ1n) is 10.9. The third kappa shape index (κ3) is 4.15. The van der Waals surface area contributed by atoms with Crippen LogP contribution in [0.25, 0.3) is 10.8 Å². The van der Waals surface area contributed by atoms with Gasteiger partial charge >= 0.3 is 0 Å². The molecule has 6 nitrogen and oxygen atoms in total. The van der Waals surface area contributed by atoms with Crippen LogP contribution in [0.3, 0.4) is 0 Å². The van der Waals surface area contributed by atoms with E-state index in [0.29, 0.717) is 18.7 Å². The molecule has 6 heteroatoms. The minimum atomic E-state index is -0.101. The molecule has 2 aliphatic rings. The summed E-state index contributed by atoms with van der Waals surface area (Å²) in [5.41, 5.74) is 0.677. The van der Waals surface area contributed by atoms with Crippen molar-refractivity contribution in [2.24, 2.45) is 5.92 Å². The summed E-state index contributed by atoms with van der Waals surface area (Å²) >= 11 is 0. The van der Waals surface area contributed by atoms with Crippen LogP contribution in [-0.2, 0) is 4.79 Å². The van der Waals surface area contributed by atoms with Crippen molar-refractivity contribution in [3.8, 4) is 5.75 Å². The molecule has 0 bridgehead atoms. The van der Waals surface area contributed by atoms with Crippen molar-refractivity contribution in [3.63, 3.8) is 0 Å². The lowest BCUT2D eigenvalue weighted by atomic mass is 9.95. The maximum atomic E-state index is 13.4. The van der Waals surface area contributed by atoms with Crippen LogP contribution in [-0.4, -0.2) is 79.9 Å². The molecule has 30 heavy (non-hydrogen) atoms. The summed E-state index contributed by atoms with van der Waals surface area (Å²) < 4.78 is 5.46. The number of amides is 2. The third-order valence-corrected chi connectivity index (χ3v) is 6.42. The number of benzene rings is 2. The Morgan fingerprint density at radius 1 is 0.900 bits per heavy atom. The fraction of sp³-hybridized carbons (Fsp3) is 0.500. The van der Waals surface area contributed by atoms with E-state index < -0.39 is 0 Å². The van der Waals surface area contributed by atoms with Gasteiger partial charge in [-0.2, -0.15) is 0 Å². The van der Waals surface area contributed by atoms with Crippen LogP contribution in [0.15, 0.2) is 36.4 Å². The molecule has 2 aliphatic heterocycles. The predicted octanol–water partition coefficient (Wildman–Crippen LogP) is 2.86. The van der Waals surface area contributed by atoms with E-state index in [0.717, 1.165) is 62.0 Å². The monoisotopic (exact) mass is 409 g/mol. The Hall–Kier alpha value is -2.60. The van der Waals surface area contributed by atoms with Gasteiger partial charge in [0.05, 0.1) is 13.0 Å². The quantitative estimate of drug-likeness (QED) is 0.782. The largest absolute Gasteiger partial charge is 0.496 e. The number of likely N-dealkylation sites (N-methyl/N-ethyl adjacent to an activating group) is 1. The SMILES string of the molecule is COc1ccc(C(=O)N2CCCC(C(=O)N3CCCN(C)CC3)C2)c2ccccc12. The van der Waals surface area contributed by atoms with Crippen LogP contribution in [0, 0.1) is 5.92 Å². The van der Waals surface area contributed by atoms with Crippen LogP contribution >= 0.6 is 0 Å². The van der Waals surface area contributed by atoms with Gasteiger partial charge in [-0.3, -0.25) is 9.59 Å². The number of nitrogens with zero attached hydrogens (tertiary/aromatic N) is 3. The zero-order chi connectivity index (χ0) is 21.1. The van der Waals surface area contributed by atoms with Crippen molar-refractivity contribution in [1.29, 1.82) is 0 Å². The first-order chi connectivity index (χ1) is 14.6. The molecular formula is C24H31N3O3. The van der Waals surface area contributed by atoms with E-state index >= 15 is 0 Å². The molecule has 0 aliphatic carbocycles. The minimum Gasteiger partial charge on any atom is -0.496 e. The van der Waals surface area contributed by atoms with Gasteiger partial charge in [-0.1, -0.05) is 24.3 Å². The van der Waals surface area contributed by atoms with Gasteiger partial charge in [0.15, 0.2) is 0 Å². The summed E-state index contributed by atoms with van der Waals surface area (Å²) in [5, 5.41) is 1.83. The van der Waals surface area contributed by atoms with E-state index in [1.807, 2.05) is 46.2 Å². The number of ether oxygens (including phenoxy) is 1. The Morgan fingerprint density at radius 3 is 2.47 bits per heavy atom. The number of likely N-dealkylation sites (tertiary alicyclic amines) is 1. The van der Waals surface area contributed by atoms with Gasteiger partial charge in [-0.05, 0) is 50.4 Å². The number of carbonyl (C=O) groups is 2. The molecule has 160 valence electrons. The average Bonchev–Trinajstić information content (AvgIpc) is 3.02. The highest BCUT2D eigenvalue weighted by Crippen LogP contribution is 2.30. The predicted molar refractivity (Wildman–Crippen MR) is 118 cm³/mol. The Morgan fingerprint density at radius 2 is 1.67 bits per heavy atom. The molecule has 0 aromatic heterocycles. The normalized spacial score (nSPS) is 20.8. The van der Waals surface area contributed by atoms with E-state index in [2.05, 4.69) is 11.9 Å². The number of hydrogen-bond donors (Lipinski definition) is 0. The highest BCUT2D eigenvalue weighted by atomic mass is 16.5. The third-order valence-electron chi connectivity index (χ3n) is 6.42. The zero-order valence-electron chi connectivity index (χ0n) is 18.0. The number of hydrogen-bond acceptors (Lipinski definition) is 4. The van der Waals surface area contributed by atoms with Gasteiger partial charge in [0.2, 0.25) is 5.91 Å². The van der Waals surface area contributed by atoms with Crippen LogP contribution in [0.2, 0.25) is 0 Å². The molecule has 0 saturated carbocycles. The van der Waals surface area contributed by atoms with Crippen LogP contribution in [0.4, 0.5) is 0 Å². The van der Waals surface area contributed by atoms with Crippen molar-refractivity contribution in [3.05, 3.63) is 42.0 Å². The first-order valence-corrected chi connectivity index (χ1v) is 10.9. The number of piperidine rings is 1. The molecule has 2 fully saturated rings. The van der Waals surface area contributed by atoms with E-state index in [4.69, 9.17) is 4.74 Å². The molecule has 0 spiro atoms. The van der Waals surface area contributed by atoms with Crippen molar-refractivity contribution < 1.29 is 14.3 Å². The second-order valence-electron chi connectivity index (χ2n) is 8.43. The first kappa shape index (κ1) is 20.7. The summed E-state index contributed by atoms with van der Waals surface area (Å²) in [6, 6.07) is 11.5. The number of methoxy groups -OCH3 is 1. The lowest BCUT2D eigenvalue weighted by Gasteiger charge is -2.35. The summed E-state index contributed by atoms with van der Waals surface area (Å²) in [7, 11) is 3.75. The molecule has 2 aromatic carbocycles. The van der Waals surface area contributed by atoms with Gasteiger partial charge in [0.25, 0.3) is 5.91 Å². The molecule has 1 atom stereocenters. The van der Waals surface area contributed by atoms with E-state index in [1.54, 1.807) is 7.11 Å². The Labute approximate surface area is 178 Å². The highest BCUT2D eigenvalue weighted by Gasteiger charge is 2.32. The highest BCUT2D eigenvalue weighted by molar-refractivity contribution is 6.08. The molecule has 2 amide bonds. The summed E-state index contributed by atoms with van der Waals surface area (Å²) in [4.78, 5) is 32.7. The Kier molecular flexibility index (Phi) is 6.23. The average molecular weight is 410 g/mol. The van der Waals surface area contributed by atoms with Crippen LogP contribution in [0.1, 0.15) is 29.6 Å². The van der Waals surface area contributed by atoms with Crippen LogP contribution in [0.5, 0.6) is 5.75 Å². The second-order valence-corrected chi connectivity index (χ2v) is 8.43. The number of fused-ring (bicyclic) bond motifs is 1. The lowest BCUT2D eigenvalue weighted by molar-refractivity contribution is -0.136. The molecule has 4 rings (SSSR count). The maximum Gasteiger partial charge on any atom is 0.254 e. The van der Waals surface area contributed by atoms with Gasteiger partial charge < -0.3 is 19.4 Å². The molecule has 2 aromatic rings. The van der Waals surface area contributed by atoms with Gasteiger partial charge in [-0.15, -0.1) is 0 Å². The number of carbonyl (C=O) groups excluding carboxylic acids is 2. The summed E-state index contributed by atoms with van der Waals surface area (Å²) in [5.74, 6) is 0.875. The lowest BCUT2D eigenvalue weighted by Crippen LogP contribution is -2.47. The molecule has 2 heterocycles.